The molecule has 0 saturated carbocycles. The molecule has 0 unspecified atom stereocenters. The average molecular weight is 321 g/mol. The molecule has 2 aromatic rings. The summed E-state index contributed by atoms with van der Waals surface area (Å²) >= 11 is 0. The zero-order chi connectivity index (χ0) is 16.9. The van der Waals surface area contributed by atoms with Gasteiger partial charge in [0.25, 0.3) is 0 Å². The molecule has 24 heavy (non-hydrogen) atoms. The van der Waals surface area contributed by atoms with Crippen LogP contribution in [0.5, 0.6) is 0 Å². The lowest BCUT2D eigenvalue weighted by atomic mass is 10.1. The summed E-state index contributed by atoms with van der Waals surface area (Å²) in [6.45, 7) is 5.74. The van der Waals surface area contributed by atoms with E-state index in [4.69, 9.17) is 0 Å². The van der Waals surface area contributed by atoms with Gasteiger partial charge in [0.1, 0.15) is 5.84 Å². The van der Waals surface area contributed by atoms with Gasteiger partial charge in [0.05, 0.1) is 0 Å². The zero-order valence-electron chi connectivity index (χ0n) is 14.2. The Balaban J connectivity index is 1.71. The van der Waals surface area contributed by atoms with Crippen LogP contribution in [0.4, 0.5) is 10.5 Å². The lowest BCUT2D eigenvalue weighted by Crippen LogP contribution is -2.26. The fraction of sp³-hybridized carbons (Fsp3) is 0.300. The van der Waals surface area contributed by atoms with Gasteiger partial charge in [-0.3, -0.25) is 0 Å². The Morgan fingerprint density at radius 3 is 2.50 bits per heavy atom. The van der Waals surface area contributed by atoms with Crippen molar-refractivity contribution in [2.75, 3.05) is 11.9 Å². The number of carbonyl (C=O) groups excluding carboxylic acids is 1. The zero-order valence-corrected chi connectivity index (χ0v) is 14.2. The number of likely N-dealkylation sites (tertiary alicyclic amines) is 1. The maximum Gasteiger partial charge on any atom is 0.347 e. The Morgan fingerprint density at radius 1 is 1.08 bits per heavy atom. The van der Waals surface area contributed by atoms with Gasteiger partial charge >= 0.3 is 6.03 Å². The number of urea groups is 1. The summed E-state index contributed by atoms with van der Waals surface area (Å²) in [5, 5.41) is 2.94. The van der Waals surface area contributed by atoms with Crippen molar-refractivity contribution in [1.29, 1.82) is 0 Å². The second-order valence-corrected chi connectivity index (χ2v) is 6.24. The van der Waals surface area contributed by atoms with Crippen LogP contribution in [0.1, 0.15) is 29.5 Å². The number of carbonyl (C=O) groups is 1. The summed E-state index contributed by atoms with van der Waals surface area (Å²) in [6, 6.07) is 16.0. The first kappa shape index (κ1) is 16.2. The molecule has 1 aliphatic heterocycles. The fourth-order valence-corrected chi connectivity index (χ4v) is 3.08. The second kappa shape index (κ2) is 7.30. The first-order chi connectivity index (χ1) is 11.6. The van der Waals surface area contributed by atoms with Gasteiger partial charge in [-0.25, -0.2) is 4.79 Å². The molecule has 3 rings (SSSR count). The minimum absolute atomic E-state index is 0.289. The van der Waals surface area contributed by atoms with Crippen LogP contribution in [0, 0.1) is 13.8 Å². The third kappa shape index (κ3) is 3.82. The van der Waals surface area contributed by atoms with Crippen LogP contribution < -0.4 is 5.32 Å². The van der Waals surface area contributed by atoms with Crippen molar-refractivity contribution in [2.24, 2.45) is 4.99 Å². The molecule has 2 aromatic carbocycles. The van der Waals surface area contributed by atoms with Crippen LogP contribution in [0.15, 0.2) is 53.5 Å². The Kier molecular flexibility index (Phi) is 4.94. The van der Waals surface area contributed by atoms with E-state index < -0.39 is 0 Å². The average Bonchev–Trinajstić information content (AvgIpc) is 2.99. The van der Waals surface area contributed by atoms with Gasteiger partial charge in [0.2, 0.25) is 0 Å². The summed E-state index contributed by atoms with van der Waals surface area (Å²) in [7, 11) is 0. The number of nitrogens with zero attached hydrogens (tertiary/aromatic N) is 2. The van der Waals surface area contributed by atoms with Crippen molar-refractivity contribution in [1.82, 2.24) is 4.90 Å². The molecular weight excluding hydrogens is 298 g/mol. The van der Waals surface area contributed by atoms with Crippen LogP contribution >= 0.6 is 0 Å². The van der Waals surface area contributed by atoms with Crippen molar-refractivity contribution in [3.8, 4) is 0 Å². The number of hydrogen-bond acceptors (Lipinski definition) is 1. The number of amidine groups is 1. The van der Waals surface area contributed by atoms with Crippen LogP contribution in [0.3, 0.4) is 0 Å². The Hall–Kier alpha value is -2.62. The molecular formula is C20H23N3O. The number of anilines is 1. The van der Waals surface area contributed by atoms with Gasteiger partial charge in [0, 0.05) is 25.2 Å². The van der Waals surface area contributed by atoms with E-state index in [1.807, 2.05) is 50.2 Å². The highest BCUT2D eigenvalue weighted by Gasteiger charge is 2.20. The summed E-state index contributed by atoms with van der Waals surface area (Å²) < 4.78 is 0. The van der Waals surface area contributed by atoms with Gasteiger partial charge in [-0.05, 0) is 37.0 Å². The maximum atomic E-state index is 12.3. The summed E-state index contributed by atoms with van der Waals surface area (Å²) in [4.78, 5) is 18.9. The fourth-order valence-electron chi connectivity index (χ4n) is 3.08. The molecule has 124 valence electrons. The molecule has 0 aliphatic carbocycles. The number of amides is 2. The third-order valence-electron chi connectivity index (χ3n) is 4.35. The second-order valence-electron chi connectivity index (χ2n) is 6.24. The Morgan fingerprint density at radius 2 is 1.79 bits per heavy atom. The van der Waals surface area contributed by atoms with E-state index in [-0.39, 0.29) is 6.03 Å². The standard InChI is InChI=1S/C20H23N3O/c1-15-8-6-9-16(2)19(15)22-20(24)21-18-12-7-13-23(18)14-17-10-4-3-5-11-17/h3-6,8-11H,7,12-14H2,1-2H3,(H,22,24). The molecule has 0 atom stereocenters. The van der Waals surface area contributed by atoms with Crippen LogP contribution in [-0.2, 0) is 6.54 Å². The molecule has 0 aromatic heterocycles. The summed E-state index contributed by atoms with van der Waals surface area (Å²) in [5.74, 6) is 0.877. The maximum absolute atomic E-state index is 12.3. The lowest BCUT2D eigenvalue weighted by molar-refractivity contribution is 0.259. The number of aryl methyl sites for hydroxylation is 2. The molecule has 1 aliphatic rings. The van der Waals surface area contributed by atoms with Crippen LogP contribution in [0.2, 0.25) is 0 Å². The van der Waals surface area contributed by atoms with E-state index in [1.165, 1.54) is 5.56 Å². The number of para-hydroxylation sites is 1. The molecule has 2 amide bonds. The highest BCUT2D eigenvalue weighted by atomic mass is 16.2. The van der Waals surface area contributed by atoms with Crippen LogP contribution in [-0.4, -0.2) is 23.3 Å². The minimum atomic E-state index is -0.289. The Bertz CT molecular complexity index is 732. The van der Waals surface area contributed by atoms with E-state index in [9.17, 15) is 4.79 Å². The van der Waals surface area contributed by atoms with Crippen LogP contribution in [0.25, 0.3) is 0 Å². The first-order valence-corrected chi connectivity index (χ1v) is 8.37. The Labute approximate surface area is 143 Å². The van der Waals surface area contributed by atoms with E-state index >= 15 is 0 Å². The normalized spacial score (nSPS) is 15.8. The number of rotatable bonds is 3. The molecule has 0 spiro atoms. The van der Waals surface area contributed by atoms with E-state index in [0.717, 1.165) is 48.6 Å². The highest BCUT2D eigenvalue weighted by molar-refractivity contribution is 6.01. The largest absolute Gasteiger partial charge is 0.356 e. The number of hydrogen-bond donors (Lipinski definition) is 1. The number of aliphatic imine (C=N–C) groups is 1. The van der Waals surface area contributed by atoms with Crippen molar-refractivity contribution < 1.29 is 4.79 Å². The third-order valence-corrected chi connectivity index (χ3v) is 4.35. The predicted molar refractivity (Wildman–Crippen MR) is 98.5 cm³/mol. The number of nitrogens with one attached hydrogen (secondary N) is 1. The highest BCUT2D eigenvalue weighted by Crippen LogP contribution is 2.20. The van der Waals surface area contributed by atoms with Crippen molar-refractivity contribution in [2.45, 2.75) is 33.2 Å². The SMILES string of the molecule is Cc1cccc(C)c1NC(=O)N=C1CCCN1Cc1ccccc1. The van der Waals surface area contributed by atoms with Gasteiger partial charge < -0.3 is 10.2 Å². The molecule has 0 radical (unpaired) electrons. The topological polar surface area (TPSA) is 44.7 Å². The molecule has 4 heteroatoms. The van der Waals surface area contributed by atoms with Gasteiger partial charge in [-0.2, -0.15) is 4.99 Å². The summed E-state index contributed by atoms with van der Waals surface area (Å²) in [5.41, 5.74) is 4.20. The smallest absolute Gasteiger partial charge is 0.347 e. The first-order valence-electron chi connectivity index (χ1n) is 8.37. The molecule has 0 bridgehead atoms. The monoisotopic (exact) mass is 321 g/mol. The van der Waals surface area contributed by atoms with Gasteiger partial charge in [0.15, 0.2) is 0 Å². The number of benzene rings is 2. The van der Waals surface area contributed by atoms with Crippen molar-refractivity contribution >= 4 is 17.6 Å². The summed E-state index contributed by atoms with van der Waals surface area (Å²) in [6.07, 6.45) is 1.90. The molecule has 1 fully saturated rings. The van der Waals surface area contributed by atoms with Crippen molar-refractivity contribution in [3.63, 3.8) is 0 Å². The van der Waals surface area contributed by atoms with E-state index in [2.05, 4.69) is 27.3 Å². The van der Waals surface area contributed by atoms with E-state index in [1.54, 1.807) is 0 Å². The minimum Gasteiger partial charge on any atom is -0.356 e. The predicted octanol–water partition coefficient (Wildman–Crippen LogP) is 4.53. The lowest BCUT2D eigenvalue weighted by Gasteiger charge is -2.19. The van der Waals surface area contributed by atoms with Gasteiger partial charge in [-0.1, -0.05) is 48.5 Å². The van der Waals surface area contributed by atoms with Gasteiger partial charge in [-0.15, -0.1) is 0 Å². The molecule has 4 nitrogen and oxygen atoms in total. The molecule has 1 saturated heterocycles. The quantitative estimate of drug-likeness (QED) is 0.902. The molecule has 1 N–H and O–H groups in total. The molecule has 1 heterocycles. The van der Waals surface area contributed by atoms with E-state index in [0.29, 0.717) is 0 Å². The van der Waals surface area contributed by atoms with Crippen molar-refractivity contribution in [3.05, 3.63) is 65.2 Å².